The molecule has 0 radical (unpaired) electrons. The van der Waals surface area contributed by atoms with Gasteiger partial charge in [-0.15, -0.1) is 11.8 Å². The number of hydrogen-bond acceptors (Lipinski definition) is 9. The maximum Gasteiger partial charge on any atom is 0.344 e. The van der Waals surface area contributed by atoms with Crippen molar-refractivity contribution in [1.29, 1.82) is 0 Å². The Morgan fingerprint density at radius 3 is 2.54 bits per heavy atom. The van der Waals surface area contributed by atoms with Gasteiger partial charge in [-0.25, -0.2) is 14.6 Å². The van der Waals surface area contributed by atoms with Crippen molar-refractivity contribution in [2.45, 2.75) is 44.7 Å². The third-order valence-electron chi connectivity index (χ3n) is 5.87. The number of esters is 2. The van der Waals surface area contributed by atoms with Crippen LogP contribution in [0.15, 0.2) is 74.5 Å². The van der Waals surface area contributed by atoms with Crippen LogP contribution < -0.4 is 19.6 Å². The lowest BCUT2D eigenvalue weighted by atomic mass is 9.96. The Labute approximate surface area is 234 Å². The minimum absolute atomic E-state index is 0.244. The number of ether oxygens (including phenoxy) is 3. The number of carbonyl (C=O) groups excluding carboxylic acids is 2. The van der Waals surface area contributed by atoms with Gasteiger partial charge in [0.15, 0.2) is 11.4 Å². The van der Waals surface area contributed by atoms with E-state index in [0.717, 1.165) is 10.5 Å². The van der Waals surface area contributed by atoms with E-state index in [1.807, 2.05) is 36.6 Å². The maximum atomic E-state index is 13.9. The van der Waals surface area contributed by atoms with Gasteiger partial charge in [-0.2, -0.15) is 0 Å². The van der Waals surface area contributed by atoms with Gasteiger partial charge in [-0.3, -0.25) is 9.36 Å². The van der Waals surface area contributed by atoms with Gasteiger partial charge in [-0.1, -0.05) is 41.7 Å². The van der Waals surface area contributed by atoms with Crippen LogP contribution in [0.1, 0.15) is 44.9 Å². The summed E-state index contributed by atoms with van der Waals surface area (Å²) in [7, 11) is 0. The standard InChI is InChI=1S/C29H30N2O6S2/c1-6-35-24(32)16-36-22-10-8-7-9-20(22)15-23-27(33)31-26(19-11-13-21(38-5)14-12-19)25(28(34)37-17(2)3)18(4)30-29(31)39-23/h7-15,17,26H,6,16H2,1-5H3/b23-15-/t26-/m0/s1. The summed E-state index contributed by atoms with van der Waals surface area (Å²) in [4.78, 5) is 45.1. The van der Waals surface area contributed by atoms with Gasteiger partial charge in [-0.05, 0) is 63.8 Å². The summed E-state index contributed by atoms with van der Waals surface area (Å²) in [5.74, 6) is -0.536. The minimum Gasteiger partial charge on any atom is -0.481 e. The number of carbonyl (C=O) groups is 2. The van der Waals surface area contributed by atoms with E-state index in [-0.39, 0.29) is 24.9 Å². The van der Waals surface area contributed by atoms with Gasteiger partial charge in [0.2, 0.25) is 0 Å². The largest absolute Gasteiger partial charge is 0.481 e. The molecule has 2 aromatic carbocycles. The van der Waals surface area contributed by atoms with Gasteiger partial charge in [0.1, 0.15) is 5.75 Å². The monoisotopic (exact) mass is 566 g/mol. The van der Waals surface area contributed by atoms with Crippen LogP contribution in [0, 0.1) is 0 Å². The second kappa shape index (κ2) is 12.5. The van der Waals surface area contributed by atoms with E-state index in [9.17, 15) is 14.4 Å². The van der Waals surface area contributed by atoms with E-state index >= 15 is 0 Å². The summed E-state index contributed by atoms with van der Waals surface area (Å²) in [5.41, 5.74) is 1.95. The number of aromatic nitrogens is 1. The molecule has 0 fully saturated rings. The molecule has 1 atom stereocenters. The zero-order valence-corrected chi connectivity index (χ0v) is 24.1. The van der Waals surface area contributed by atoms with E-state index in [0.29, 0.717) is 31.9 Å². The molecule has 8 nitrogen and oxygen atoms in total. The Hall–Kier alpha value is -3.63. The SMILES string of the molecule is CCOC(=O)COc1ccccc1/C=c1\sc2n(c1=O)[C@@H](c1ccc(SC)cc1)C(C(=O)OC(C)C)=C(C)N=2. The first-order chi connectivity index (χ1) is 18.7. The Bertz CT molecular complexity index is 1580. The molecule has 10 heteroatoms. The molecule has 0 saturated carbocycles. The Kier molecular flexibility index (Phi) is 9.08. The highest BCUT2D eigenvalue weighted by Gasteiger charge is 2.33. The van der Waals surface area contributed by atoms with Crippen molar-refractivity contribution in [3.05, 3.63) is 90.6 Å². The topological polar surface area (TPSA) is 96.2 Å². The Morgan fingerprint density at radius 2 is 1.87 bits per heavy atom. The third kappa shape index (κ3) is 6.34. The first-order valence-corrected chi connectivity index (χ1v) is 14.5. The van der Waals surface area contributed by atoms with E-state index in [4.69, 9.17) is 14.2 Å². The molecule has 1 aromatic heterocycles. The minimum atomic E-state index is -0.694. The summed E-state index contributed by atoms with van der Waals surface area (Å²) in [6.45, 7) is 7.08. The van der Waals surface area contributed by atoms with Crippen LogP contribution in [0.3, 0.4) is 0 Å². The number of allylic oxidation sites excluding steroid dienone is 1. The average Bonchev–Trinajstić information content (AvgIpc) is 3.21. The molecule has 1 aliphatic rings. The van der Waals surface area contributed by atoms with Gasteiger partial charge in [0.25, 0.3) is 5.56 Å². The molecule has 39 heavy (non-hydrogen) atoms. The van der Waals surface area contributed by atoms with Crippen molar-refractivity contribution in [1.82, 2.24) is 4.57 Å². The van der Waals surface area contributed by atoms with Gasteiger partial charge >= 0.3 is 11.9 Å². The lowest BCUT2D eigenvalue weighted by molar-refractivity contribution is -0.145. The zero-order valence-electron chi connectivity index (χ0n) is 22.4. The second-order valence-electron chi connectivity index (χ2n) is 8.94. The number of para-hydroxylation sites is 1. The molecule has 0 unspecified atom stereocenters. The maximum absolute atomic E-state index is 13.9. The molecular formula is C29H30N2O6S2. The Balaban J connectivity index is 1.84. The van der Waals surface area contributed by atoms with E-state index in [1.54, 1.807) is 68.3 Å². The molecule has 0 saturated heterocycles. The molecule has 0 aliphatic carbocycles. The molecule has 1 aliphatic heterocycles. The van der Waals surface area contributed by atoms with Crippen molar-refractivity contribution in [2.75, 3.05) is 19.5 Å². The summed E-state index contributed by atoms with van der Waals surface area (Å²) < 4.78 is 18.1. The highest BCUT2D eigenvalue weighted by molar-refractivity contribution is 7.98. The lowest BCUT2D eigenvalue weighted by Gasteiger charge is -2.25. The normalized spacial score (nSPS) is 15.1. The van der Waals surface area contributed by atoms with Gasteiger partial charge < -0.3 is 14.2 Å². The number of thiazole rings is 1. The fraction of sp³-hybridized carbons (Fsp3) is 0.310. The lowest BCUT2D eigenvalue weighted by Crippen LogP contribution is -2.40. The van der Waals surface area contributed by atoms with Crippen LogP contribution in [0.25, 0.3) is 6.08 Å². The van der Waals surface area contributed by atoms with Crippen molar-refractivity contribution in [3.8, 4) is 5.75 Å². The van der Waals surface area contributed by atoms with Crippen molar-refractivity contribution in [2.24, 2.45) is 4.99 Å². The molecule has 204 valence electrons. The van der Waals surface area contributed by atoms with Gasteiger partial charge in [0, 0.05) is 10.5 Å². The van der Waals surface area contributed by atoms with E-state index in [1.165, 1.54) is 11.3 Å². The molecule has 0 N–H and O–H groups in total. The molecular weight excluding hydrogens is 536 g/mol. The number of benzene rings is 2. The highest BCUT2D eigenvalue weighted by atomic mass is 32.2. The van der Waals surface area contributed by atoms with Crippen LogP contribution in [-0.2, 0) is 19.1 Å². The smallest absolute Gasteiger partial charge is 0.344 e. The summed E-state index contributed by atoms with van der Waals surface area (Å²) >= 11 is 2.84. The van der Waals surface area contributed by atoms with Crippen molar-refractivity contribution in [3.63, 3.8) is 0 Å². The second-order valence-corrected chi connectivity index (χ2v) is 10.8. The van der Waals surface area contributed by atoms with Crippen LogP contribution in [0.4, 0.5) is 0 Å². The van der Waals surface area contributed by atoms with Crippen LogP contribution in [0.2, 0.25) is 0 Å². The molecule has 0 bridgehead atoms. The van der Waals surface area contributed by atoms with Crippen LogP contribution in [-0.4, -0.2) is 42.1 Å². The van der Waals surface area contributed by atoms with E-state index in [2.05, 4.69) is 4.99 Å². The fourth-order valence-corrected chi connectivity index (χ4v) is 5.62. The summed E-state index contributed by atoms with van der Waals surface area (Å²) in [5, 5.41) is 0. The third-order valence-corrected chi connectivity index (χ3v) is 7.60. The predicted molar refractivity (Wildman–Crippen MR) is 152 cm³/mol. The number of fused-ring (bicyclic) bond motifs is 1. The summed E-state index contributed by atoms with van der Waals surface area (Å²) in [6, 6.07) is 14.2. The number of nitrogens with zero attached hydrogens (tertiary/aromatic N) is 2. The average molecular weight is 567 g/mol. The quantitative estimate of drug-likeness (QED) is 0.287. The Morgan fingerprint density at radius 1 is 1.15 bits per heavy atom. The van der Waals surface area contributed by atoms with Gasteiger partial charge in [0.05, 0.1) is 34.6 Å². The first-order valence-electron chi connectivity index (χ1n) is 12.5. The van der Waals surface area contributed by atoms with Crippen LogP contribution >= 0.6 is 23.1 Å². The molecule has 0 amide bonds. The summed E-state index contributed by atoms with van der Waals surface area (Å²) in [6.07, 6.45) is 3.37. The first kappa shape index (κ1) is 28.4. The predicted octanol–water partition coefficient (Wildman–Crippen LogP) is 3.85. The van der Waals surface area contributed by atoms with Crippen molar-refractivity contribution < 1.29 is 23.8 Å². The van der Waals surface area contributed by atoms with Crippen LogP contribution in [0.5, 0.6) is 5.75 Å². The zero-order chi connectivity index (χ0) is 28.1. The number of hydrogen-bond donors (Lipinski definition) is 0. The number of thioether (sulfide) groups is 1. The molecule has 2 heterocycles. The molecule has 0 spiro atoms. The molecule has 4 rings (SSSR count). The highest BCUT2D eigenvalue weighted by Crippen LogP contribution is 2.32. The fourth-order valence-electron chi connectivity index (χ4n) is 4.17. The molecule has 3 aromatic rings. The van der Waals surface area contributed by atoms with E-state index < -0.39 is 18.0 Å². The van der Waals surface area contributed by atoms with Crippen molar-refractivity contribution >= 4 is 41.1 Å². The number of rotatable bonds is 9.